The van der Waals surface area contributed by atoms with E-state index in [1.54, 1.807) is 0 Å². The predicted octanol–water partition coefficient (Wildman–Crippen LogP) is 3.43. The molecule has 0 aliphatic carbocycles. The third-order valence-corrected chi connectivity index (χ3v) is 1.79. The van der Waals surface area contributed by atoms with Crippen molar-refractivity contribution < 1.29 is 0 Å². The largest absolute Gasteiger partial charge is 0.264 e. The van der Waals surface area contributed by atoms with Crippen molar-refractivity contribution in [1.82, 2.24) is 4.98 Å². The molecule has 0 amide bonds. The molecule has 0 N–H and O–H groups in total. The topological polar surface area (TPSA) is 12.9 Å². The molecule has 0 radical (unpaired) electrons. The Bertz CT molecular complexity index is 186. The molecule has 0 aliphatic heterocycles. The maximum absolute atomic E-state index is 4.06. The van der Waals surface area contributed by atoms with Gasteiger partial charge in [0.25, 0.3) is 0 Å². The average molecular weight is 277 g/mol. The van der Waals surface area contributed by atoms with E-state index in [9.17, 15) is 0 Å². The summed E-state index contributed by atoms with van der Waals surface area (Å²) in [6.07, 6.45) is 8.87. The zero-order valence-corrected chi connectivity index (χ0v) is 9.82. The number of halogens is 1. The second-order valence-corrected chi connectivity index (χ2v) is 2.82. The summed E-state index contributed by atoms with van der Waals surface area (Å²) < 4.78 is 0. The minimum atomic E-state index is 0. The van der Waals surface area contributed by atoms with Crippen LogP contribution in [0.5, 0.6) is 0 Å². The number of nitrogens with zero attached hydrogens (tertiary/aromatic N) is 1. The molecule has 1 heterocycles. The van der Waals surface area contributed by atoms with Crippen LogP contribution in [-0.4, -0.2) is 4.98 Å². The first-order valence-electron chi connectivity index (χ1n) is 4.32. The second kappa shape index (κ2) is 7.53. The standard InChI is InChI=1S/C10H15N.HI/c1-2-3-4-6-10-7-5-8-11-9-10;/h5,7-9H,2-4,6H2,1H3;1H. The van der Waals surface area contributed by atoms with Crippen molar-refractivity contribution in [3.63, 3.8) is 0 Å². The van der Waals surface area contributed by atoms with Crippen LogP contribution in [0.15, 0.2) is 24.5 Å². The van der Waals surface area contributed by atoms with Gasteiger partial charge in [0.2, 0.25) is 0 Å². The van der Waals surface area contributed by atoms with Gasteiger partial charge in [-0.25, -0.2) is 0 Å². The molecule has 68 valence electrons. The number of aryl methyl sites for hydroxylation is 1. The fraction of sp³-hybridized carbons (Fsp3) is 0.500. The number of hydrogen-bond donors (Lipinski definition) is 0. The SMILES string of the molecule is CCCCCc1cccnc1.I. The van der Waals surface area contributed by atoms with Crippen LogP contribution in [0, 0.1) is 0 Å². The highest BCUT2D eigenvalue weighted by atomic mass is 127. The van der Waals surface area contributed by atoms with Crippen molar-refractivity contribution in [2.45, 2.75) is 32.6 Å². The molecular weight excluding hydrogens is 261 g/mol. The van der Waals surface area contributed by atoms with Gasteiger partial charge in [0.1, 0.15) is 0 Å². The van der Waals surface area contributed by atoms with Crippen LogP contribution in [0.3, 0.4) is 0 Å². The number of unbranched alkanes of at least 4 members (excludes halogenated alkanes) is 2. The first-order chi connectivity index (χ1) is 5.43. The van der Waals surface area contributed by atoms with E-state index in [0.29, 0.717) is 0 Å². The lowest BCUT2D eigenvalue weighted by molar-refractivity contribution is 0.716. The molecule has 0 fully saturated rings. The highest BCUT2D eigenvalue weighted by molar-refractivity contribution is 14.0. The van der Waals surface area contributed by atoms with Crippen molar-refractivity contribution in [1.29, 1.82) is 0 Å². The zero-order chi connectivity index (χ0) is 7.94. The number of aromatic nitrogens is 1. The van der Waals surface area contributed by atoms with Crippen molar-refractivity contribution in [3.8, 4) is 0 Å². The lowest BCUT2D eigenvalue weighted by Gasteiger charge is -1.97. The monoisotopic (exact) mass is 277 g/mol. The van der Waals surface area contributed by atoms with Crippen LogP contribution in [0.1, 0.15) is 31.7 Å². The molecule has 1 aromatic heterocycles. The van der Waals surface area contributed by atoms with E-state index >= 15 is 0 Å². The van der Waals surface area contributed by atoms with E-state index in [4.69, 9.17) is 0 Å². The van der Waals surface area contributed by atoms with Crippen molar-refractivity contribution in [2.24, 2.45) is 0 Å². The molecule has 12 heavy (non-hydrogen) atoms. The molecule has 0 unspecified atom stereocenters. The Morgan fingerprint density at radius 2 is 2.17 bits per heavy atom. The number of rotatable bonds is 4. The van der Waals surface area contributed by atoms with Gasteiger partial charge in [0, 0.05) is 12.4 Å². The van der Waals surface area contributed by atoms with Crippen molar-refractivity contribution in [2.75, 3.05) is 0 Å². The molecule has 0 spiro atoms. The van der Waals surface area contributed by atoms with Crippen molar-refractivity contribution >= 4 is 24.0 Å². The molecule has 0 bridgehead atoms. The van der Waals surface area contributed by atoms with Crippen LogP contribution in [0.2, 0.25) is 0 Å². The Balaban J connectivity index is 0.00000121. The van der Waals surface area contributed by atoms with Gasteiger partial charge in [0.15, 0.2) is 0 Å². The van der Waals surface area contributed by atoms with E-state index in [1.165, 1.54) is 31.2 Å². The highest BCUT2D eigenvalue weighted by Crippen LogP contribution is 2.03. The molecule has 0 atom stereocenters. The number of hydrogen-bond acceptors (Lipinski definition) is 1. The summed E-state index contributed by atoms with van der Waals surface area (Å²) >= 11 is 0. The minimum absolute atomic E-state index is 0. The molecule has 0 aromatic carbocycles. The summed E-state index contributed by atoms with van der Waals surface area (Å²) in [6.45, 7) is 2.23. The molecule has 0 saturated heterocycles. The molecule has 1 nitrogen and oxygen atoms in total. The maximum atomic E-state index is 4.06. The predicted molar refractivity (Wildman–Crippen MR) is 62.9 cm³/mol. The molecule has 0 saturated carbocycles. The molecule has 0 aliphatic rings. The van der Waals surface area contributed by atoms with Gasteiger partial charge in [0.05, 0.1) is 0 Å². The first kappa shape index (κ1) is 11.9. The van der Waals surface area contributed by atoms with Gasteiger partial charge in [-0.3, -0.25) is 4.98 Å². The number of pyridine rings is 1. The minimum Gasteiger partial charge on any atom is -0.264 e. The van der Waals surface area contributed by atoms with Crippen LogP contribution < -0.4 is 0 Å². The highest BCUT2D eigenvalue weighted by Gasteiger charge is 1.90. The van der Waals surface area contributed by atoms with E-state index in [0.717, 1.165) is 0 Å². The normalized spacial score (nSPS) is 9.08. The van der Waals surface area contributed by atoms with Gasteiger partial charge in [-0.1, -0.05) is 25.8 Å². The third kappa shape index (κ3) is 4.70. The summed E-state index contributed by atoms with van der Waals surface area (Å²) in [5.74, 6) is 0. The summed E-state index contributed by atoms with van der Waals surface area (Å²) in [6, 6.07) is 4.14. The Kier molecular flexibility index (Phi) is 7.45. The zero-order valence-electron chi connectivity index (χ0n) is 7.49. The maximum Gasteiger partial charge on any atom is 0.0299 e. The van der Waals surface area contributed by atoms with Gasteiger partial charge in [-0.05, 0) is 24.5 Å². The van der Waals surface area contributed by atoms with Crippen LogP contribution in [0.4, 0.5) is 0 Å². The lowest BCUT2D eigenvalue weighted by Crippen LogP contribution is -1.85. The van der Waals surface area contributed by atoms with E-state index in [2.05, 4.69) is 18.0 Å². The van der Waals surface area contributed by atoms with Crippen LogP contribution in [0.25, 0.3) is 0 Å². The lowest BCUT2D eigenvalue weighted by atomic mass is 10.1. The fourth-order valence-corrected chi connectivity index (χ4v) is 1.13. The summed E-state index contributed by atoms with van der Waals surface area (Å²) in [5, 5.41) is 0. The third-order valence-electron chi connectivity index (χ3n) is 1.79. The Morgan fingerprint density at radius 1 is 1.33 bits per heavy atom. The van der Waals surface area contributed by atoms with Gasteiger partial charge in [-0.15, -0.1) is 24.0 Å². The van der Waals surface area contributed by atoms with Crippen LogP contribution in [-0.2, 0) is 6.42 Å². The summed E-state index contributed by atoms with van der Waals surface area (Å²) in [7, 11) is 0. The Hall–Kier alpha value is -0.120. The van der Waals surface area contributed by atoms with E-state index in [-0.39, 0.29) is 24.0 Å². The summed E-state index contributed by atoms with van der Waals surface area (Å²) in [4.78, 5) is 4.06. The first-order valence-corrected chi connectivity index (χ1v) is 4.32. The quantitative estimate of drug-likeness (QED) is 0.607. The Morgan fingerprint density at radius 3 is 2.75 bits per heavy atom. The second-order valence-electron chi connectivity index (χ2n) is 2.82. The van der Waals surface area contributed by atoms with Gasteiger partial charge in [-0.2, -0.15) is 0 Å². The van der Waals surface area contributed by atoms with Gasteiger partial charge < -0.3 is 0 Å². The molecule has 1 aromatic rings. The average Bonchev–Trinajstić information content (AvgIpc) is 2.07. The van der Waals surface area contributed by atoms with E-state index < -0.39 is 0 Å². The fourth-order valence-electron chi connectivity index (χ4n) is 1.13. The van der Waals surface area contributed by atoms with E-state index in [1.807, 2.05) is 18.5 Å². The van der Waals surface area contributed by atoms with Gasteiger partial charge >= 0.3 is 0 Å². The smallest absolute Gasteiger partial charge is 0.0299 e. The molecule has 1 rings (SSSR count). The molecule has 2 heteroatoms. The molecular formula is C10H16IN. The summed E-state index contributed by atoms with van der Waals surface area (Å²) in [5.41, 5.74) is 1.36. The van der Waals surface area contributed by atoms with Crippen molar-refractivity contribution in [3.05, 3.63) is 30.1 Å². The van der Waals surface area contributed by atoms with Crippen LogP contribution >= 0.6 is 24.0 Å². The Labute approximate surface area is 91.6 Å².